The molecule has 1 aliphatic heterocycles. The summed E-state index contributed by atoms with van der Waals surface area (Å²) in [5.74, 6) is 1.94. The lowest BCUT2D eigenvalue weighted by atomic mass is 10.0. The van der Waals surface area contributed by atoms with E-state index < -0.39 is 0 Å². The Morgan fingerprint density at radius 3 is 2.74 bits per heavy atom. The highest BCUT2D eigenvalue weighted by molar-refractivity contribution is 5.51. The molecule has 106 valence electrons. The van der Waals surface area contributed by atoms with E-state index in [1.165, 1.54) is 0 Å². The number of hydrogen-bond donors (Lipinski definition) is 3. The molecular formula is C14H21NO4. The summed E-state index contributed by atoms with van der Waals surface area (Å²) in [6, 6.07) is 3.39. The van der Waals surface area contributed by atoms with Crippen LogP contribution < -0.4 is 14.8 Å². The van der Waals surface area contributed by atoms with Gasteiger partial charge in [0.05, 0.1) is 0 Å². The summed E-state index contributed by atoms with van der Waals surface area (Å²) < 4.78 is 10.5. The smallest absolute Gasteiger partial charge is 0.231 e. The molecule has 0 amide bonds. The third-order valence-electron chi connectivity index (χ3n) is 3.44. The molecule has 0 bridgehead atoms. The zero-order chi connectivity index (χ0) is 13.7. The number of aromatic hydroxyl groups is 1. The Morgan fingerprint density at radius 2 is 2.05 bits per heavy atom. The number of aliphatic hydroxyl groups excluding tert-OH is 1. The lowest BCUT2D eigenvalue weighted by Gasteiger charge is -2.15. The van der Waals surface area contributed by atoms with Gasteiger partial charge in [0.1, 0.15) is 5.75 Å². The highest BCUT2D eigenvalue weighted by Gasteiger charge is 2.16. The van der Waals surface area contributed by atoms with Crippen molar-refractivity contribution < 1.29 is 19.7 Å². The van der Waals surface area contributed by atoms with Crippen molar-refractivity contribution in [3.05, 3.63) is 17.7 Å². The molecule has 0 saturated carbocycles. The first-order chi connectivity index (χ1) is 9.24. The molecule has 0 spiro atoms. The van der Waals surface area contributed by atoms with Crippen LogP contribution in [0.15, 0.2) is 12.1 Å². The molecule has 3 N–H and O–H groups in total. The summed E-state index contributed by atoms with van der Waals surface area (Å²) in [4.78, 5) is 0. The second-order valence-corrected chi connectivity index (χ2v) is 4.75. The van der Waals surface area contributed by atoms with Gasteiger partial charge in [-0.15, -0.1) is 0 Å². The van der Waals surface area contributed by atoms with Crippen LogP contribution >= 0.6 is 0 Å². The molecule has 5 heteroatoms. The second kappa shape index (κ2) is 6.63. The zero-order valence-corrected chi connectivity index (χ0v) is 11.2. The van der Waals surface area contributed by atoms with E-state index >= 15 is 0 Å². The average molecular weight is 267 g/mol. The Labute approximate surface area is 113 Å². The maximum absolute atomic E-state index is 9.88. The number of aliphatic hydroxyl groups is 1. The SMILES string of the molecule is CCC(CCO)CNCc1cc2c(cc1O)OCO2. The van der Waals surface area contributed by atoms with Gasteiger partial charge in [0.2, 0.25) is 6.79 Å². The van der Waals surface area contributed by atoms with E-state index in [1.54, 1.807) is 12.1 Å². The molecule has 0 saturated heterocycles. The van der Waals surface area contributed by atoms with Crippen molar-refractivity contribution in [3.63, 3.8) is 0 Å². The highest BCUT2D eigenvalue weighted by Crippen LogP contribution is 2.37. The predicted molar refractivity (Wildman–Crippen MR) is 71.4 cm³/mol. The number of benzene rings is 1. The molecule has 5 nitrogen and oxygen atoms in total. The van der Waals surface area contributed by atoms with Gasteiger partial charge in [-0.2, -0.15) is 0 Å². The fourth-order valence-corrected chi connectivity index (χ4v) is 2.16. The Morgan fingerprint density at radius 1 is 1.32 bits per heavy atom. The van der Waals surface area contributed by atoms with Crippen LogP contribution in [-0.4, -0.2) is 30.2 Å². The number of phenolic OH excluding ortho intramolecular Hbond substituents is 1. The lowest BCUT2D eigenvalue weighted by molar-refractivity contribution is 0.174. The van der Waals surface area contributed by atoms with Gasteiger partial charge < -0.3 is 25.0 Å². The van der Waals surface area contributed by atoms with Crippen LogP contribution in [0.4, 0.5) is 0 Å². The van der Waals surface area contributed by atoms with E-state index in [0.29, 0.717) is 24.0 Å². The van der Waals surface area contributed by atoms with Gasteiger partial charge in [-0.1, -0.05) is 13.3 Å². The summed E-state index contributed by atoms with van der Waals surface area (Å²) in [5, 5.41) is 22.1. The molecule has 0 radical (unpaired) electrons. The first-order valence-corrected chi connectivity index (χ1v) is 6.67. The molecular weight excluding hydrogens is 246 g/mol. The minimum absolute atomic E-state index is 0.208. The molecule has 0 fully saturated rings. The molecule has 1 unspecified atom stereocenters. The van der Waals surface area contributed by atoms with Gasteiger partial charge in [-0.05, 0) is 24.9 Å². The summed E-state index contributed by atoms with van der Waals surface area (Å²) in [5.41, 5.74) is 0.795. The van der Waals surface area contributed by atoms with Crippen LogP contribution in [0.5, 0.6) is 17.2 Å². The minimum atomic E-state index is 0.208. The number of rotatable bonds is 7. The van der Waals surface area contributed by atoms with E-state index in [2.05, 4.69) is 12.2 Å². The third-order valence-corrected chi connectivity index (χ3v) is 3.44. The van der Waals surface area contributed by atoms with Crippen molar-refractivity contribution >= 4 is 0 Å². The summed E-state index contributed by atoms with van der Waals surface area (Å²) >= 11 is 0. The van der Waals surface area contributed by atoms with Gasteiger partial charge in [-0.25, -0.2) is 0 Å². The van der Waals surface area contributed by atoms with Gasteiger partial charge in [0, 0.05) is 24.8 Å². The van der Waals surface area contributed by atoms with E-state index in [0.717, 1.165) is 24.9 Å². The van der Waals surface area contributed by atoms with Gasteiger partial charge in [-0.3, -0.25) is 0 Å². The van der Waals surface area contributed by atoms with Crippen LogP contribution in [0.2, 0.25) is 0 Å². The average Bonchev–Trinajstić information content (AvgIpc) is 2.84. The topological polar surface area (TPSA) is 71.0 Å². The van der Waals surface area contributed by atoms with Crippen molar-refractivity contribution in [1.29, 1.82) is 0 Å². The van der Waals surface area contributed by atoms with Gasteiger partial charge >= 0.3 is 0 Å². The fraction of sp³-hybridized carbons (Fsp3) is 0.571. The van der Waals surface area contributed by atoms with Crippen LogP contribution in [0.3, 0.4) is 0 Å². The Bertz CT molecular complexity index is 422. The number of ether oxygens (including phenoxy) is 2. The molecule has 1 aromatic carbocycles. The van der Waals surface area contributed by atoms with Gasteiger partial charge in [0.15, 0.2) is 11.5 Å². The quantitative estimate of drug-likeness (QED) is 0.700. The Kier molecular flexibility index (Phi) is 4.87. The maximum Gasteiger partial charge on any atom is 0.231 e. The van der Waals surface area contributed by atoms with Crippen LogP contribution in [0.1, 0.15) is 25.3 Å². The molecule has 19 heavy (non-hydrogen) atoms. The zero-order valence-electron chi connectivity index (χ0n) is 11.2. The van der Waals surface area contributed by atoms with Crippen LogP contribution in [0, 0.1) is 5.92 Å². The minimum Gasteiger partial charge on any atom is -0.507 e. The largest absolute Gasteiger partial charge is 0.507 e. The fourth-order valence-electron chi connectivity index (χ4n) is 2.16. The summed E-state index contributed by atoms with van der Waals surface area (Å²) in [6.45, 7) is 3.94. The van der Waals surface area contributed by atoms with Crippen molar-refractivity contribution in [1.82, 2.24) is 5.32 Å². The van der Waals surface area contributed by atoms with Gasteiger partial charge in [0.25, 0.3) is 0 Å². The third kappa shape index (κ3) is 3.52. The van der Waals surface area contributed by atoms with Crippen LogP contribution in [0.25, 0.3) is 0 Å². The number of phenols is 1. The monoisotopic (exact) mass is 267 g/mol. The molecule has 1 heterocycles. The van der Waals surface area contributed by atoms with Crippen molar-refractivity contribution in [2.24, 2.45) is 5.92 Å². The Hall–Kier alpha value is -1.46. The van der Waals surface area contributed by atoms with E-state index in [9.17, 15) is 5.11 Å². The molecule has 0 aromatic heterocycles. The molecule has 1 aromatic rings. The highest BCUT2D eigenvalue weighted by atomic mass is 16.7. The molecule has 0 aliphatic carbocycles. The van der Waals surface area contributed by atoms with E-state index in [1.807, 2.05) is 0 Å². The summed E-state index contributed by atoms with van der Waals surface area (Å²) in [7, 11) is 0. The number of nitrogens with one attached hydrogen (secondary N) is 1. The maximum atomic E-state index is 9.88. The first-order valence-electron chi connectivity index (χ1n) is 6.67. The van der Waals surface area contributed by atoms with Crippen molar-refractivity contribution in [3.8, 4) is 17.2 Å². The van der Waals surface area contributed by atoms with Crippen molar-refractivity contribution in [2.45, 2.75) is 26.3 Å². The van der Waals surface area contributed by atoms with E-state index in [-0.39, 0.29) is 19.1 Å². The predicted octanol–water partition coefficient (Wildman–Crippen LogP) is 1.62. The van der Waals surface area contributed by atoms with Crippen molar-refractivity contribution in [2.75, 3.05) is 19.9 Å². The normalized spacial score (nSPS) is 14.6. The summed E-state index contributed by atoms with van der Waals surface area (Å²) in [6.07, 6.45) is 1.83. The first kappa shape index (κ1) is 14.0. The molecule has 1 aliphatic rings. The second-order valence-electron chi connectivity index (χ2n) is 4.75. The number of hydrogen-bond acceptors (Lipinski definition) is 5. The van der Waals surface area contributed by atoms with E-state index in [4.69, 9.17) is 14.6 Å². The number of fused-ring (bicyclic) bond motifs is 1. The standard InChI is InChI=1S/C14H21NO4/c1-2-10(3-4-16)7-15-8-11-5-13-14(6-12(11)17)19-9-18-13/h5-6,10,15-17H,2-4,7-9H2,1H3. The Balaban J connectivity index is 1.89. The lowest BCUT2D eigenvalue weighted by Crippen LogP contribution is -2.22. The van der Waals surface area contributed by atoms with Crippen LogP contribution in [-0.2, 0) is 6.54 Å². The molecule has 1 atom stereocenters. The molecule has 2 rings (SSSR count).